The fraction of sp³-hybridized carbons (Fsp3) is 0.312. The maximum atomic E-state index is 13.5. The lowest BCUT2D eigenvalue weighted by atomic mass is 9.99. The third kappa shape index (κ3) is 2.74. The number of hydrogen-bond donors (Lipinski definition) is 1. The summed E-state index contributed by atoms with van der Waals surface area (Å²) in [6, 6.07) is 5.09. The number of halogens is 2. The van der Waals surface area contributed by atoms with Gasteiger partial charge >= 0.3 is 0 Å². The predicted molar refractivity (Wildman–Crippen MR) is 76.3 cm³/mol. The molecule has 6 heteroatoms. The zero-order valence-electron chi connectivity index (χ0n) is 12.1. The Morgan fingerprint density at radius 3 is 2.82 bits per heavy atom. The van der Waals surface area contributed by atoms with Gasteiger partial charge in [-0.1, -0.05) is 6.07 Å². The lowest BCUT2D eigenvalue weighted by molar-refractivity contribution is 0.0927. The summed E-state index contributed by atoms with van der Waals surface area (Å²) in [6.07, 6.45) is 3.55. The highest BCUT2D eigenvalue weighted by Gasteiger charge is 2.34. The number of carbonyl (C=O) groups excluding carboxylic acids is 1. The molecule has 1 saturated heterocycles. The molecule has 3 rings (SSSR count). The van der Waals surface area contributed by atoms with Crippen molar-refractivity contribution in [2.45, 2.75) is 18.5 Å². The Bertz CT molecular complexity index is 673. The van der Waals surface area contributed by atoms with Gasteiger partial charge < -0.3 is 9.73 Å². The fourth-order valence-electron chi connectivity index (χ4n) is 2.93. The highest BCUT2D eigenvalue weighted by molar-refractivity contribution is 5.94. The number of rotatable bonds is 3. The first-order valence-electron chi connectivity index (χ1n) is 7.04. The largest absolute Gasteiger partial charge is 0.472 e. The molecule has 0 unspecified atom stereocenters. The van der Waals surface area contributed by atoms with Gasteiger partial charge in [0.2, 0.25) is 0 Å². The van der Waals surface area contributed by atoms with E-state index in [0.29, 0.717) is 11.1 Å². The van der Waals surface area contributed by atoms with E-state index in [0.717, 1.165) is 19.0 Å². The van der Waals surface area contributed by atoms with Crippen molar-refractivity contribution in [3.05, 3.63) is 59.6 Å². The van der Waals surface area contributed by atoms with Gasteiger partial charge in [0.25, 0.3) is 5.91 Å². The van der Waals surface area contributed by atoms with E-state index < -0.39 is 11.6 Å². The third-order valence-electron chi connectivity index (χ3n) is 4.03. The average Bonchev–Trinajstić information content (AvgIpc) is 3.13. The van der Waals surface area contributed by atoms with Crippen molar-refractivity contribution in [2.24, 2.45) is 0 Å². The second-order valence-corrected chi connectivity index (χ2v) is 5.48. The molecule has 1 aromatic heterocycles. The van der Waals surface area contributed by atoms with Crippen LogP contribution in [0.3, 0.4) is 0 Å². The van der Waals surface area contributed by atoms with Crippen LogP contribution in [0.25, 0.3) is 0 Å². The summed E-state index contributed by atoms with van der Waals surface area (Å²) in [4.78, 5) is 14.2. The molecule has 4 nitrogen and oxygen atoms in total. The topological polar surface area (TPSA) is 45.5 Å². The van der Waals surface area contributed by atoms with Crippen molar-refractivity contribution in [1.29, 1.82) is 0 Å². The van der Waals surface area contributed by atoms with Gasteiger partial charge in [-0.05, 0) is 37.2 Å². The van der Waals surface area contributed by atoms with E-state index in [9.17, 15) is 13.6 Å². The van der Waals surface area contributed by atoms with Crippen molar-refractivity contribution in [3.63, 3.8) is 0 Å². The molecule has 1 fully saturated rings. The average molecular weight is 306 g/mol. The molecule has 1 N–H and O–H groups in total. The summed E-state index contributed by atoms with van der Waals surface area (Å²) >= 11 is 0. The summed E-state index contributed by atoms with van der Waals surface area (Å²) in [5, 5.41) is 2.94. The van der Waals surface area contributed by atoms with Crippen LogP contribution in [-0.4, -0.2) is 30.4 Å². The van der Waals surface area contributed by atoms with Crippen LogP contribution in [0.2, 0.25) is 0 Å². The number of carbonyl (C=O) groups is 1. The normalized spacial score (nSPS) is 22.0. The molecule has 0 saturated carbocycles. The Hall–Kier alpha value is -2.21. The van der Waals surface area contributed by atoms with Gasteiger partial charge in [-0.3, -0.25) is 9.69 Å². The first kappa shape index (κ1) is 14.7. The molecule has 22 heavy (non-hydrogen) atoms. The number of amides is 1. The van der Waals surface area contributed by atoms with Crippen LogP contribution < -0.4 is 5.32 Å². The van der Waals surface area contributed by atoms with Gasteiger partial charge in [0.1, 0.15) is 6.26 Å². The van der Waals surface area contributed by atoms with E-state index in [-0.39, 0.29) is 18.0 Å². The van der Waals surface area contributed by atoms with E-state index in [2.05, 4.69) is 5.32 Å². The van der Waals surface area contributed by atoms with Crippen molar-refractivity contribution in [2.75, 3.05) is 13.6 Å². The minimum atomic E-state index is -0.877. The molecule has 2 heterocycles. The van der Waals surface area contributed by atoms with Crippen molar-refractivity contribution in [1.82, 2.24) is 10.2 Å². The summed E-state index contributed by atoms with van der Waals surface area (Å²) in [7, 11) is 1.90. The summed E-state index contributed by atoms with van der Waals surface area (Å²) in [6.45, 7) is 0.764. The van der Waals surface area contributed by atoms with E-state index >= 15 is 0 Å². The van der Waals surface area contributed by atoms with Gasteiger partial charge in [-0.15, -0.1) is 0 Å². The Kier molecular flexibility index (Phi) is 3.94. The van der Waals surface area contributed by atoms with Crippen molar-refractivity contribution < 1.29 is 18.0 Å². The van der Waals surface area contributed by atoms with Crippen LogP contribution in [0.5, 0.6) is 0 Å². The molecular weight excluding hydrogens is 290 g/mol. The molecule has 1 aliphatic rings. The highest BCUT2D eigenvalue weighted by atomic mass is 19.2. The monoisotopic (exact) mass is 306 g/mol. The van der Waals surface area contributed by atoms with Gasteiger partial charge in [-0.25, -0.2) is 8.78 Å². The quantitative estimate of drug-likeness (QED) is 0.948. The van der Waals surface area contributed by atoms with Gasteiger partial charge in [0.05, 0.1) is 23.9 Å². The lowest BCUT2D eigenvalue weighted by Gasteiger charge is -2.26. The number of benzene rings is 1. The molecule has 0 bridgehead atoms. The molecule has 0 spiro atoms. The zero-order chi connectivity index (χ0) is 15.7. The third-order valence-corrected chi connectivity index (χ3v) is 4.03. The number of furan rings is 1. The Labute approximate surface area is 126 Å². The SMILES string of the molecule is CN1CC[C@H](NC(=O)c2ccoc2)[C@@H]1c1ccc(F)c(F)c1. The molecule has 1 aliphatic heterocycles. The molecule has 2 aromatic rings. The van der Waals surface area contributed by atoms with Gasteiger partial charge in [0.15, 0.2) is 11.6 Å². The maximum Gasteiger partial charge on any atom is 0.254 e. The van der Waals surface area contributed by atoms with E-state index in [1.807, 2.05) is 11.9 Å². The first-order valence-corrected chi connectivity index (χ1v) is 7.04. The predicted octanol–water partition coefficient (Wildman–Crippen LogP) is 2.73. The zero-order valence-corrected chi connectivity index (χ0v) is 12.1. The summed E-state index contributed by atoms with van der Waals surface area (Å²) in [5.74, 6) is -1.98. The van der Waals surface area contributed by atoms with Crippen LogP contribution in [0.1, 0.15) is 28.4 Å². The number of likely N-dealkylation sites (tertiary alicyclic amines) is 1. The van der Waals surface area contributed by atoms with Crippen molar-refractivity contribution in [3.8, 4) is 0 Å². The van der Waals surface area contributed by atoms with Gasteiger partial charge in [0, 0.05) is 6.54 Å². The number of hydrogen-bond acceptors (Lipinski definition) is 3. The second-order valence-electron chi connectivity index (χ2n) is 5.48. The van der Waals surface area contributed by atoms with Crippen LogP contribution in [0.15, 0.2) is 41.2 Å². The molecule has 0 aliphatic carbocycles. The molecule has 116 valence electrons. The van der Waals surface area contributed by atoms with Crippen molar-refractivity contribution >= 4 is 5.91 Å². The molecule has 1 amide bonds. The van der Waals surface area contributed by atoms with Gasteiger partial charge in [-0.2, -0.15) is 0 Å². The van der Waals surface area contributed by atoms with Crippen LogP contribution in [-0.2, 0) is 0 Å². The Balaban J connectivity index is 1.81. The van der Waals surface area contributed by atoms with Crippen LogP contribution >= 0.6 is 0 Å². The number of nitrogens with one attached hydrogen (secondary N) is 1. The maximum absolute atomic E-state index is 13.5. The smallest absolute Gasteiger partial charge is 0.254 e. The van der Waals surface area contributed by atoms with E-state index in [4.69, 9.17) is 4.42 Å². The molecule has 0 radical (unpaired) electrons. The number of nitrogens with zero attached hydrogens (tertiary/aromatic N) is 1. The standard InChI is InChI=1S/C16H16F2N2O2/c1-20-6-4-14(19-16(21)11-5-7-22-9-11)15(20)10-2-3-12(17)13(18)8-10/h2-3,5,7-9,14-15H,4,6H2,1H3,(H,19,21)/t14-,15-/m0/s1. The molecule has 1 aromatic carbocycles. The highest BCUT2D eigenvalue weighted by Crippen LogP contribution is 2.31. The second kappa shape index (κ2) is 5.88. The lowest BCUT2D eigenvalue weighted by Crippen LogP contribution is -2.38. The summed E-state index contributed by atoms with van der Waals surface area (Å²) < 4.78 is 31.5. The number of likely N-dealkylation sites (N-methyl/N-ethyl adjacent to an activating group) is 1. The Morgan fingerprint density at radius 1 is 1.32 bits per heavy atom. The van der Waals surface area contributed by atoms with E-state index in [1.165, 1.54) is 18.6 Å². The Morgan fingerprint density at radius 2 is 2.14 bits per heavy atom. The first-order chi connectivity index (χ1) is 10.6. The molecular formula is C16H16F2N2O2. The van der Waals surface area contributed by atoms with Crippen LogP contribution in [0, 0.1) is 11.6 Å². The summed E-state index contributed by atoms with van der Waals surface area (Å²) in [5.41, 5.74) is 1.09. The fourth-order valence-corrected chi connectivity index (χ4v) is 2.93. The minimum absolute atomic E-state index is 0.169. The minimum Gasteiger partial charge on any atom is -0.472 e. The van der Waals surface area contributed by atoms with Crippen LogP contribution in [0.4, 0.5) is 8.78 Å². The molecule has 2 atom stereocenters. The van der Waals surface area contributed by atoms with E-state index in [1.54, 1.807) is 12.1 Å².